The van der Waals surface area contributed by atoms with E-state index in [-0.39, 0.29) is 5.97 Å². The molecule has 0 fully saturated rings. The number of aryl methyl sites for hydroxylation is 2. The van der Waals surface area contributed by atoms with Gasteiger partial charge in [0.15, 0.2) is 0 Å². The second-order valence-electron chi connectivity index (χ2n) is 5.20. The van der Waals surface area contributed by atoms with Crippen LogP contribution in [-0.2, 0) is 4.74 Å². The molecule has 2 aromatic carbocycles. The molecule has 22 heavy (non-hydrogen) atoms. The van der Waals surface area contributed by atoms with Gasteiger partial charge in [-0.1, -0.05) is 0 Å². The molecule has 0 aliphatic rings. The van der Waals surface area contributed by atoms with Crippen molar-refractivity contribution in [2.24, 2.45) is 0 Å². The SMILES string of the molecule is COC(=O)c1ccc(Oc2ccc3[nH]c(C)c(C)c3c2)cc1. The molecule has 3 rings (SSSR count). The number of methoxy groups -OCH3 is 1. The smallest absolute Gasteiger partial charge is 0.337 e. The number of fused-ring (bicyclic) bond motifs is 1. The zero-order chi connectivity index (χ0) is 15.7. The first-order chi connectivity index (χ1) is 10.6. The Morgan fingerprint density at radius 3 is 2.36 bits per heavy atom. The zero-order valence-electron chi connectivity index (χ0n) is 12.8. The molecule has 4 nitrogen and oxygen atoms in total. The maximum Gasteiger partial charge on any atom is 0.337 e. The van der Waals surface area contributed by atoms with E-state index in [0.717, 1.165) is 22.3 Å². The lowest BCUT2D eigenvalue weighted by Crippen LogP contribution is -2.00. The Kier molecular flexibility index (Phi) is 3.59. The minimum Gasteiger partial charge on any atom is -0.465 e. The molecule has 1 heterocycles. The summed E-state index contributed by atoms with van der Waals surface area (Å²) in [6.45, 7) is 4.14. The van der Waals surface area contributed by atoms with Gasteiger partial charge in [0.05, 0.1) is 12.7 Å². The number of esters is 1. The van der Waals surface area contributed by atoms with Gasteiger partial charge in [-0.25, -0.2) is 4.79 Å². The first-order valence-corrected chi connectivity index (χ1v) is 7.03. The van der Waals surface area contributed by atoms with Gasteiger partial charge in [0.1, 0.15) is 11.5 Å². The number of ether oxygens (including phenoxy) is 2. The average Bonchev–Trinajstić information content (AvgIpc) is 2.82. The Bertz CT molecular complexity index is 831. The Labute approximate surface area is 128 Å². The molecule has 0 saturated carbocycles. The molecule has 0 spiro atoms. The molecule has 0 amide bonds. The number of aromatic amines is 1. The van der Waals surface area contributed by atoms with Crippen LogP contribution >= 0.6 is 0 Å². The van der Waals surface area contributed by atoms with Gasteiger partial charge in [-0.15, -0.1) is 0 Å². The molecule has 1 aromatic heterocycles. The summed E-state index contributed by atoms with van der Waals surface area (Å²) in [5.74, 6) is 1.09. The minimum atomic E-state index is -0.355. The standard InChI is InChI=1S/C18H17NO3/c1-11-12(2)19-17-9-8-15(10-16(11)17)22-14-6-4-13(5-7-14)18(20)21-3/h4-10,19H,1-3H3. The van der Waals surface area contributed by atoms with Crippen LogP contribution in [0.3, 0.4) is 0 Å². The van der Waals surface area contributed by atoms with Crippen molar-refractivity contribution in [3.63, 3.8) is 0 Å². The lowest BCUT2D eigenvalue weighted by atomic mass is 10.1. The molecule has 0 radical (unpaired) electrons. The fourth-order valence-corrected chi connectivity index (χ4v) is 2.42. The highest BCUT2D eigenvalue weighted by Gasteiger charge is 2.07. The summed E-state index contributed by atoms with van der Waals surface area (Å²) >= 11 is 0. The van der Waals surface area contributed by atoms with Gasteiger partial charge in [0, 0.05) is 16.6 Å². The molecule has 112 valence electrons. The zero-order valence-corrected chi connectivity index (χ0v) is 12.8. The lowest BCUT2D eigenvalue weighted by Gasteiger charge is -2.07. The molecule has 0 bridgehead atoms. The van der Waals surface area contributed by atoms with Gasteiger partial charge < -0.3 is 14.5 Å². The van der Waals surface area contributed by atoms with E-state index in [1.807, 2.05) is 18.2 Å². The summed E-state index contributed by atoms with van der Waals surface area (Å²) in [6, 6.07) is 12.8. The largest absolute Gasteiger partial charge is 0.465 e. The van der Waals surface area contributed by atoms with Crippen molar-refractivity contribution in [2.45, 2.75) is 13.8 Å². The second kappa shape index (κ2) is 5.56. The van der Waals surface area contributed by atoms with Crippen molar-refractivity contribution in [1.29, 1.82) is 0 Å². The molecule has 0 unspecified atom stereocenters. The van der Waals surface area contributed by atoms with Crippen LogP contribution in [-0.4, -0.2) is 18.1 Å². The fourth-order valence-electron chi connectivity index (χ4n) is 2.42. The molecule has 1 N–H and O–H groups in total. The minimum absolute atomic E-state index is 0.355. The van der Waals surface area contributed by atoms with Gasteiger partial charge >= 0.3 is 5.97 Å². The molecule has 4 heteroatoms. The maximum atomic E-state index is 11.4. The number of carbonyl (C=O) groups excluding carboxylic acids is 1. The van der Waals surface area contributed by atoms with Gasteiger partial charge in [0.25, 0.3) is 0 Å². The number of hydrogen-bond acceptors (Lipinski definition) is 3. The van der Waals surface area contributed by atoms with Crippen molar-refractivity contribution >= 4 is 16.9 Å². The Morgan fingerprint density at radius 1 is 1.00 bits per heavy atom. The van der Waals surface area contributed by atoms with E-state index >= 15 is 0 Å². The van der Waals surface area contributed by atoms with Gasteiger partial charge in [-0.2, -0.15) is 0 Å². The number of nitrogens with one attached hydrogen (secondary N) is 1. The van der Waals surface area contributed by atoms with Crippen LogP contribution in [0, 0.1) is 13.8 Å². The Balaban J connectivity index is 1.86. The first-order valence-electron chi connectivity index (χ1n) is 7.03. The highest BCUT2D eigenvalue weighted by Crippen LogP contribution is 2.28. The summed E-state index contributed by atoms with van der Waals surface area (Å²) in [4.78, 5) is 14.7. The molecule has 0 aliphatic heterocycles. The highest BCUT2D eigenvalue weighted by atomic mass is 16.5. The topological polar surface area (TPSA) is 51.3 Å². The van der Waals surface area contributed by atoms with Crippen LogP contribution in [0.2, 0.25) is 0 Å². The molecular weight excluding hydrogens is 278 g/mol. The molecular formula is C18H17NO3. The van der Waals surface area contributed by atoms with E-state index in [9.17, 15) is 4.79 Å². The van der Waals surface area contributed by atoms with E-state index in [2.05, 4.69) is 23.6 Å². The number of carbonyl (C=O) groups is 1. The van der Waals surface area contributed by atoms with Crippen molar-refractivity contribution in [1.82, 2.24) is 4.98 Å². The van der Waals surface area contributed by atoms with Crippen molar-refractivity contribution < 1.29 is 14.3 Å². The number of rotatable bonds is 3. The fraction of sp³-hybridized carbons (Fsp3) is 0.167. The average molecular weight is 295 g/mol. The first kappa shape index (κ1) is 14.2. The summed E-state index contributed by atoms with van der Waals surface area (Å²) in [7, 11) is 1.36. The van der Waals surface area contributed by atoms with Crippen molar-refractivity contribution in [3.05, 3.63) is 59.3 Å². The normalized spacial score (nSPS) is 10.7. The molecule has 0 aliphatic carbocycles. The Hall–Kier alpha value is -2.75. The number of benzene rings is 2. The summed E-state index contributed by atoms with van der Waals surface area (Å²) < 4.78 is 10.5. The van der Waals surface area contributed by atoms with Crippen LogP contribution < -0.4 is 4.74 Å². The monoisotopic (exact) mass is 295 g/mol. The third-order valence-electron chi connectivity index (χ3n) is 3.79. The Morgan fingerprint density at radius 2 is 1.68 bits per heavy atom. The molecule has 3 aromatic rings. The molecule has 0 saturated heterocycles. The second-order valence-corrected chi connectivity index (χ2v) is 5.20. The van der Waals surface area contributed by atoms with Crippen LogP contribution in [0.25, 0.3) is 10.9 Å². The van der Waals surface area contributed by atoms with Gasteiger partial charge in [0.2, 0.25) is 0 Å². The van der Waals surface area contributed by atoms with Crippen LogP contribution in [0.1, 0.15) is 21.6 Å². The maximum absolute atomic E-state index is 11.4. The summed E-state index contributed by atoms with van der Waals surface area (Å²) in [5.41, 5.74) is 3.99. The van der Waals surface area contributed by atoms with Crippen LogP contribution in [0.4, 0.5) is 0 Å². The number of H-pyrrole nitrogens is 1. The quantitative estimate of drug-likeness (QED) is 0.730. The number of hydrogen-bond donors (Lipinski definition) is 1. The van der Waals surface area contributed by atoms with E-state index in [4.69, 9.17) is 4.74 Å². The number of aromatic nitrogens is 1. The predicted molar refractivity (Wildman–Crippen MR) is 85.6 cm³/mol. The highest BCUT2D eigenvalue weighted by molar-refractivity contribution is 5.89. The summed E-state index contributed by atoms with van der Waals surface area (Å²) in [5, 5.41) is 1.15. The predicted octanol–water partition coefficient (Wildman–Crippen LogP) is 4.36. The van der Waals surface area contributed by atoms with Crippen LogP contribution in [0.5, 0.6) is 11.5 Å². The summed E-state index contributed by atoms with van der Waals surface area (Å²) in [6.07, 6.45) is 0. The van der Waals surface area contributed by atoms with E-state index in [1.54, 1.807) is 24.3 Å². The lowest BCUT2D eigenvalue weighted by molar-refractivity contribution is 0.0600. The van der Waals surface area contributed by atoms with Gasteiger partial charge in [-0.3, -0.25) is 0 Å². The van der Waals surface area contributed by atoms with Crippen LogP contribution in [0.15, 0.2) is 42.5 Å². The third kappa shape index (κ3) is 2.55. The molecule has 0 atom stereocenters. The third-order valence-corrected chi connectivity index (χ3v) is 3.79. The van der Waals surface area contributed by atoms with Crippen molar-refractivity contribution in [2.75, 3.05) is 7.11 Å². The van der Waals surface area contributed by atoms with E-state index in [0.29, 0.717) is 11.3 Å². The van der Waals surface area contributed by atoms with Gasteiger partial charge in [-0.05, 0) is 61.9 Å². The van der Waals surface area contributed by atoms with Crippen molar-refractivity contribution in [3.8, 4) is 11.5 Å². The van der Waals surface area contributed by atoms with E-state index in [1.165, 1.54) is 12.7 Å². The van der Waals surface area contributed by atoms with E-state index < -0.39 is 0 Å².